The standard InChI is InChI=1S/C17H17FN2O4/c1-3-10-8-13(21)24-16-14(10)15(22)19-17(20-16)23-9(2)11-6-4-5-7-12(11)18/h4-9,17,20H,3H2,1-2H3,(H,19,22). The van der Waals surface area contributed by atoms with Gasteiger partial charge in [0, 0.05) is 11.6 Å². The van der Waals surface area contributed by atoms with Gasteiger partial charge in [0.25, 0.3) is 5.91 Å². The summed E-state index contributed by atoms with van der Waals surface area (Å²) >= 11 is 0. The van der Waals surface area contributed by atoms with Crippen molar-refractivity contribution >= 4 is 11.8 Å². The lowest BCUT2D eigenvalue weighted by Crippen LogP contribution is -2.47. The molecule has 1 aliphatic rings. The topological polar surface area (TPSA) is 80.6 Å². The molecule has 24 heavy (non-hydrogen) atoms. The third-order valence-electron chi connectivity index (χ3n) is 3.86. The molecule has 0 saturated heterocycles. The number of amides is 1. The highest BCUT2D eigenvalue weighted by atomic mass is 19.1. The van der Waals surface area contributed by atoms with Crippen LogP contribution in [0.4, 0.5) is 10.3 Å². The van der Waals surface area contributed by atoms with Crippen LogP contribution in [0.3, 0.4) is 0 Å². The van der Waals surface area contributed by atoms with Crippen molar-refractivity contribution < 1.29 is 18.3 Å². The first-order valence-electron chi connectivity index (χ1n) is 7.64. The molecule has 1 aromatic carbocycles. The number of nitrogens with one attached hydrogen (secondary N) is 2. The van der Waals surface area contributed by atoms with Crippen molar-refractivity contribution in [2.24, 2.45) is 0 Å². The molecule has 1 aliphatic heterocycles. The Morgan fingerprint density at radius 2 is 2.04 bits per heavy atom. The van der Waals surface area contributed by atoms with Crippen LogP contribution in [0.15, 0.2) is 39.5 Å². The van der Waals surface area contributed by atoms with E-state index in [9.17, 15) is 14.0 Å². The highest BCUT2D eigenvalue weighted by molar-refractivity contribution is 6.01. The lowest BCUT2D eigenvalue weighted by molar-refractivity contribution is -0.00846. The molecule has 2 atom stereocenters. The van der Waals surface area contributed by atoms with E-state index in [-0.39, 0.29) is 11.4 Å². The van der Waals surface area contributed by atoms with Gasteiger partial charge in [-0.2, -0.15) is 0 Å². The molecule has 0 radical (unpaired) electrons. The number of rotatable bonds is 4. The summed E-state index contributed by atoms with van der Waals surface area (Å²) in [4.78, 5) is 23.9. The van der Waals surface area contributed by atoms with Crippen LogP contribution in [0.5, 0.6) is 0 Å². The van der Waals surface area contributed by atoms with Crippen molar-refractivity contribution in [3.05, 3.63) is 63.3 Å². The largest absolute Gasteiger partial charge is 0.406 e. The van der Waals surface area contributed by atoms with Gasteiger partial charge in [0.15, 0.2) is 0 Å². The molecular formula is C17H17FN2O4. The van der Waals surface area contributed by atoms with E-state index in [1.165, 1.54) is 12.1 Å². The highest BCUT2D eigenvalue weighted by Crippen LogP contribution is 2.26. The maximum absolute atomic E-state index is 13.8. The van der Waals surface area contributed by atoms with Crippen molar-refractivity contribution in [1.82, 2.24) is 5.32 Å². The van der Waals surface area contributed by atoms with E-state index < -0.39 is 29.8 Å². The first-order chi connectivity index (χ1) is 11.5. The van der Waals surface area contributed by atoms with Crippen LogP contribution in [0.1, 0.15) is 41.4 Å². The summed E-state index contributed by atoms with van der Waals surface area (Å²) in [7, 11) is 0. The van der Waals surface area contributed by atoms with Crippen molar-refractivity contribution in [2.45, 2.75) is 32.7 Å². The van der Waals surface area contributed by atoms with E-state index >= 15 is 0 Å². The maximum atomic E-state index is 13.8. The molecule has 7 heteroatoms. The van der Waals surface area contributed by atoms with Crippen molar-refractivity contribution in [3.8, 4) is 0 Å². The van der Waals surface area contributed by atoms with Gasteiger partial charge in [-0.1, -0.05) is 25.1 Å². The van der Waals surface area contributed by atoms with Gasteiger partial charge >= 0.3 is 5.63 Å². The summed E-state index contributed by atoms with van der Waals surface area (Å²) in [6, 6.07) is 7.53. The minimum Gasteiger partial charge on any atom is -0.406 e. The minimum atomic E-state index is -0.935. The number of halogens is 1. The molecule has 0 fully saturated rings. The van der Waals surface area contributed by atoms with E-state index in [4.69, 9.17) is 9.15 Å². The molecule has 6 nitrogen and oxygen atoms in total. The van der Waals surface area contributed by atoms with Crippen LogP contribution in [0.25, 0.3) is 0 Å². The Bertz CT molecular complexity index is 834. The molecule has 2 unspecified atom stereocenters. The Labute approximate surface area is 137 Å². The van der Waals surface area contributed by atoms with Crippen molar-refractivity contribution in [2.75, 3.05) is 5.32 Å². The van der Waals surface area contributed by atoms with Crippen LogP contribution in [0, 0.1) is 5.82 Å². The Morgan fingerprint density at radius 1 is 1.29 bits per heavy atom. The third kappa shape index (κ3) is 3.03. The molecule has 0 bridgehead atoms. The van der Waals surface area contributed by atoms with Gasteiger partial charge in [-0.3, -0.25) is 4.79 Å². The van der Waals surface area contributed by atoms with Gasteiger partial charge in [-0.25, -0.2) is 9.18 Å². The van der Waals surface area contributed by atoms with Gasteiger partial charge in [0.05, 0.1) is 6.10 Å². The predicted molar refractivity (Wildman–Crippen MR) is 85.1 cm³/mol. The van der Waals surface area contributed by atoms with Gasteiger partial charge in [-0.15, -0.1) is 0 Å². The van der Waals surface area contributed by atoms with Gasteiger partial charge in [0.2, 0.25) is 12.2 Å². The SMILES string of the molecule is CCc1cc(=O)oc2c1C(=O)NC(OC(C)c1ccccc1F)N2. The van der Waals surface area contributed by atoms with E-state index in [0.29, 0.717) is 17.5 Å². The van der Waals surface area contributed by atoms with Crippen LogP contribution in [0.2, 0.25) is 0 Å². The molecule has 0 aliphatic carbocycles. The third-order valence-corrected chi connectivity index (χ3v) is 3.86. The molecule has 0 spiro atoms. The molecule has 0 saturated carbocycles. The maximum Gasteiger partial charge on any atom is 0.337 e. The number of hydrogen-bond acceptors (Lipinski definition) is 5. The predicted octanol–water partition coefficient (Wildman–Crippen LogP) is 2.56. The highest BCUT2D eigenvalue weighted by Gasteiger charge is 2.30. The van der Waals surface area contributed by atoms with Crippen LogP contribution in [-0.4, -0.2) is 12.3 Å². The first kappa shape index (κ1) is 16.2. The first-order valence-corrected chi connectivity index (χ1v) is 7.64. The average Bonchev–Trinajstić information content (AvgIpc) is 2.53. The Balaban J connectivity index is 1.84. The van der Waals surface area contributed by atoms with Crippen LogP contribution >= 0.6 is 0 Å². The minimum absolute atomic E-state index is 0.0637. The van der Waals surface area contributed by atoms with Gasteiger partial charge in [-0.05, 0) is 25.0 Å². The quantitative estimate of drug-likeness (QED) is 0.899. The summed E-state index contributed by atoms with van der Waals surface area (Å²) in [5.74, 6) is -0.740. The monoisotopic (exact) mass is 332 g/mol. The molecule has 2 heterocycles. The number of hydrogen-bond donors (Lipinski definition) is 2. The molecule has 2 N–H and O–H groups in total. The lowest BCUT2D eigenvalue weighted by atomic mass is 10.1. The van der Waals surface area contributed by atoms with E-state index in [1.807, 2.05) is 6.92 Å². The zero-order valence-corrected chi connectivity index (χ0v) is 13.3. The molecular weight excluding hydrogens is 315 g/mol. The number of benzene rings is 1. The van der Waals surface area contributed by atoms with E-state index in [1.54, 1.807) is 25.1 Å². The average molecular weight is 332 g/mol. The van der Waals surface area contributed by atoms with Gasteiger partial charge in [0.1, 0.15) is 11.4 Å². The summed E-state index contributed by atoms with van der Waals surface area (Å²) in [5.41, 5.74) is 0.694. The second-order valence-electron chi connectivity index (χ2n) is 5.45. The summed E-state index contributed by atoms with van der Waals surface area (Å²) < 4.78 is 24.5. The molecule has 2 aromatic rings. The van der Waals surface area contributed by atoms with E-state index in [2.05, 4.69) is 10.6 Å². The summed E-state index contributed by atoms with van der Waals surface area (Å²) in [6.07, 6.45) is -1.04. The van der Waals surface area contributed by atoms with E-state index in [0.717, 1.165) is 0 Å². The fourth-order valence-corrected chi connectivity index (χ4v) is 2.67. The second-order valence-corrected chi connectivity index (χ2v) is 5.45. The Morgan fingerprint density at radius 3 is 2.75 bits per heavy atom. The Kier molecular flexibility index (Phi) is 4.35. The number of carbonyl (C=O) groups is 1. The smallest absolute Gasteiger partial charge is 0.337 e. The number of anilines is 1. The molecule has 3 rings (SSSR count). The van der Waals surface area contributed by atoms with Crippen molar-refractivity contribution in [1.29, 1.82) is 0 Å². The second kappa shape index (κ2) is 6.45. The Hall–Kier alpha value is -2.67. The number of ether oxygens (including phenoxy) is 1. The summed E-state index contributed by atoms with van der Waals surface area (Å²) in [5, 5.41) is 5.45. The fourth-order valence-electron chi connectivity index (χ4n) is 2.67. The molecule has 1 aromatic heterocycles. The van der Waals surface area contributed by atoms with Crippen molar-refractivity contribution in [3.63, 3.8) is 0 Å². The number of aryl methyl sites for hydroxylation is 1. The lowest BCUT2D eigenvalue weighted by Gasteiger charge is -2.29. The molecule has 126 valence electrons. The number of fused-ring (bicyclic) bond motifs is 1. The van der Waals surface area contributed by atoms with Gasteiger partial charge < -0.3 is 19.8 Å². The zero-order valence-electron chi connectivity index (χ0n) is 13.3. The normalized spacial score (nSPS) is 17.6. The van der Waals surface area contributed by atoms with Crippen LogP contribution < -0.4 is 16.3 Å². The fraction of sp³-hybridized carbons (Fsp3) is 0.294. The number of carbonyl (C=O) groups excluding carboxylic acids is 1. The molecule has 1 amide bonds. The zero-order chi connectivity index (χ0) is 17.3. The van der Waals surface area contributed by atoms with Crippen LogP contribution in [-0.2, 0) is 11.2 Å². The summed E-state index contributed by atoms with van der Waals surface area (Å²) in [6.45, 7) is 3.51.